The molecule has 1 atom stereocenters. The first kappa shape index (κ1) is 23.7. The lowest BCUT2D eigenvalue weighted by Gasteiger charge is -2.24. The molecule has 0 aliphatic carbocycles. The van der Waals surface area contributed by atoms with Crippen LogP contribution >= 0.6 is 38.6 Å². The van der Waals surface area contributed by atoms with Gasteiger partial charge in [0, 0.05) is 14.9 Å². The van der Waals surface area contributed by atoms with Crippen molar-refractivity contribution in [2.45, 2.75) is 32.7 Å². The summed E-state index contributed by atoms with van der Waals surface area (Å²) in [7, 11) is 1.60. The minimum absolute atomic E-state index is 0.198. The van der Waals surface area contributed by atoms with Crippen molar-refractivity contribution in [3.8, 4) is 5.75 Å². The zero-order valence-corrected chi connectivity index (χ0v) is 21.7. The number of hydrogen-bond donors (Lipinski definition) is 0. The molecule has 4 rings (SSSR count). The standard InChI is InChI=1S/C24H23BrN2O4S2/c1-4-7-16-20(23(29)31-5-2)21(18-8-6-11-32-18)27-22(28)19(33-24(27)26-16)13-14-12-15(25)9-10-17(14)30-3/h6,8-13,21H,4-5,7H2,1-3H3/b19-13-. The van der Waals surface area contributed by atoms with Crippen LogP contribution in [0.5, 0.6) is 5.75 Å². The summed E-state index contributed by atoms with van der Waals surface area (Å²) in [6.07, 6.45) is 3.26. The van der Waals surface area contributed by atoms with Crippen molar-refractivity contribution in [3.05, 3.63) is 81.6 Å². The molecule has 0 spiro atoms. The fourth-order valence-electron chi connectivity index (χ4n) is 3.80. The van der Waals surface area contributed by atoms with Crippen molar-refractivity contribution in [1.29, 1.82) is 0 Å². The third-order valence-electron chi connectivity index (χ3n) is 5.18. The molecule has 172 valence electrons. The molecular formula is C24H23BrN2O4S2. The first-order valence-electron chi connectivity index (χ1n) is 10.6. The number of esters is 1. The summed E-state index contributed by atoms with van der Waals surface area (Å²) in [5, 5.41) is 1.94. The average Bonchev–Trinajstić information content (AvgIpc) is 3.42. The third kappa shape index (κ3) is 4.62. The Hall–Kier alpha value is -2.49. The quantitative estimate of drug-likeness (QED) is 0.411. The number of thiazole rings is 1. The van der Waals surface area contributed by atoms with Gasteiger partial charge in [-0.1, -0.05) is 46.7 Å². The largest absolute Gasteiger partial charge is 0.496 e. The number of ether oxygens (including phenoxy) is 2. The summed E-state index contributed by atoms with van der Waals surface area (Å²) in [5.74, 6) is 0.240. The lowest BCUT2D eigenvalue weighted by Crippen LogP contribution is -2.39. The van der Waals surface area contributed by atoms with Gasteiger partial charge in [0.15, 0.2) is 4.80 Å². The van der Waals surface area contributed by atoms with E-state index in [-0.39, 0.29) is 12.2 Å². The molecule has 0 radical (unpaired) electrons. The molecule has 0 amide bonds. The molecule has 9 heteroatoms. The summed E-state index contributed by atoms with van der Waals surface area (Å²) < 4.78 is 13.9. The van der Waals surface area contributed by atoms with Gasteiger partial charge in [-0.3, -0.25) is 9.36 Å². The molecule has 0 saturated carbocycles. The van der Waals surface area contributed by atoms with Crippen molar-refractivity contribution in [2.24, 2.45) is 4.99 Å². The van der Waals surface area contributed by atoms with Crippen LogP contribution in [0.2, 0.25) is 0 Å². The third-order valence-corrected chi connectivity index (χ3v) is 7.58. The highest BCUT2D eigenvalue weighted by atomic mass is 79.9. The number of rotatable bonds is 7. The number of carbonyl (C=O) groups excluding carboxylic acids is 1. The van der Waals surface area contributed by atoms with Crippen molar-refractivity contribution in [3.63, 3.8) is 0 Å². The molecule has 1 aromatic carbocycles. The smallest absolute Gasteiger partial charge is 0.338 e. The predicted octanol–water partition coefficient (Wildman–Crippen LogP) is 4.41. The monoisotopic (exact) mass is 546 g/mol. The summed E-state index contributed by atoms with van der Waals surface area (Å²) in [6, 6.07) is 8.94. The SMILES string of the molecule is CCCC1=C(C(=O)OCC)C(c2cccs2)n2c(s/c(=C\c3cc(Br)ccc3OC)c2=O)=N1. The van der Waals surface area contributed by atoms with Gasteiger partial charge in [0.05, 0.1) is 29.5 Å². The van der Waals surface area contributed by atoms with Gasteiger partial charge in [-0.25, -0.2) is 9.79 Å². The Balaban J connectivity index is 1.99. The van der Waals surface area contributed by atoms with Gasteiger partial charge in [-0.2, -0.15) is 0 Å². The van der Waals surface area contributed by atoms with Crippen LogP contribution in [0.15, 0.2) is 61.2 Å². The minimum atomic E-state index is -0.562. The summed E-state index contributed by atoms with van der Waals surface area (Å²) in [4.78, 5) is 33.0. The number of halogens is 1. The van der Waals surface area contributed by atoms with Gasteiger partial charge in [0.25, 0.3) is 5.56 Å². The van der Waals surface area contributed by atoms with Crippen molar-refractivity contribution < 1.29 is 14.3 Å². The zero-order chi connectivity index (χ0) is 23.5. The molecule has 1 aliphatic rings. The van der Waals surface area contributed by atoms with Gasteiger partial charge in [-0.15, -0.1) is 11.3 Å². The number of methoxy groups -OCH3 is 1. The van der Waals surface area contributed by atoms with E-state index >= 15 is 0 Å². The van der Waals surface area contributed by atoms with Gasteiger partial charge < -0.3 is 9.47 Å². The van der Waals surface area contributed by atoms with Gasteiger partial charge in [0.2, 0.25) is 0 Å². The number of allylic oxidation sites excluding steroid dienone is 1. The van der Waals surface area contributed by atoms with Crippen LogP contribution in [0.1, 0.15) is 43.2 Å². The highest BCUT2D eigenvalue weighted by Crippen LogP contribution is 2.34. The molecule has 0 N–H and O–H groups in total. The van der Waals surface area contributed by atoms with Gasteiger partial charge >= 0.3 is 5.97 Å². The first-order valence-corrected chi connectivity index (χ1v) is 13.1. The van der Waals surface area contributed by atoms with E-state index in [1.807, 2.05) is 48.7 Å². The normalized spacial score (nSPS) is 15.9. The predicted molar refractivity (Wildman–Crippen MR) is 135 cm³/mol. The Labute approximate surface area is 207 Å². The van der Waals surface area contributed by atoms with E-state index in [0.717, 1.165) is 21.3 Å². The summed E-state index contributed by atoms with van der Waals surface area (Å²) in [6.45, 7) is 4.07. The fourth-order valence-corrected chi connectivity index (χ4v) is 6.01. The molecule has 3 heterocycles. The second-order valence-electron chi connectivity index (χ2n) is 7.32. The maximum absolute atomic E-state index is 13.7. The Morgan fingerprint density at radius 1 is 1.30 bits per heavy atom. The number of nitrogens with zero attached hydrogens (tertiary/aromatic N) is 2. The molecule has 3 aromatic rings. The lowest BCUT2D eigenvalue weighted by atomic mass is 9.99. The van der Waals surface area contributed by atoms with E-state index in [2.05, 4.69) is 15.9 Å². The van der Waals surface area contributed by atoms with Crippen LogP contribution in [0.25, 0.3) is 6.08 Å². The minimum Gasteiger partial charge on any atom is -0.496 e. The second-order valence-corrected chi connectivity index (χ2v) is 10.2. The molecule has 33 heavy (non-hydrogen) atoms. The first-order chi connectivity index (χ1) is 16.0. The second kappa shape index (κ2) is 10.2. The molecule has 0 saturated heterocycles. The van der Waals surface area contributed by atoms with E-state index in [4.69, 9.17) is 14.5 Å². The molecule has 2 aromatic heterocycles. The van der Waals surface area contributed by atoms with Crippen molar-refractivity contribution >= 4 is 50.6 Å². The Morgan fingerprint density at radius 3 is 2.79 bits per heavy atom. The number of hydrogen-bond acceptors (Lipinski definition) is 7. The number of benzene rings is 1. The Kier molecular flexibility index (Phi) is 7.31. The van der Waals surface area contributed by atoms with E-state index < -0.39 is 12.0 Å². The van der Waals surface area contributed by atoms with Crippen LogP contribution in [-0.2, 0) is 9.53 Å². The maximum atomic E-state index is 13.7. The van der Waals surface area contributed by atoms with Crippen LogP contribution in [0.4, 0.5) is 0 Å². The summed E-state index contributed by atoms with van der Waals surface area (Å²) in [5.41, 5.74) is 1.71. The fraction of sp³-hybridized carbons (Fsp3) is 0.292. The van der Waals surface area contributed by atoms with Crippen LogP contribution in [-0.4, -0.2) is 24.3 Å². The van der Waals surface area contributed by atoms with Crippen LogP contribution in [0, 0.1) is 0 Å². The van der Waals surface area contributed by atoms with Crippen molar-refractivity contribution in [1.82, 2.24) is 4.57 Å². The van der Waals surface area contributed by atoms with E-state index in [1.165, 1.54) is 22.7 Å². The summed E-state index contributed by atoms with van der Waals surface area (Å²) >= 11 is 6.31. The Bertz CT molecular complexity index is 1390. The topological polar surface area (TPSA) is 69.9 Å². The molecule has 1 unspecified atom stereocenters. The lowest BCUT2D eigenvalue weighted by molar-refractivity contribution is -0.139. The van der Waals surface area contributed by atoms with E-state index in [0.29, 0.717) is 32.8 Å². The van der Waals surface area contributed by atoms with E-state index in [9.17, 15) is 9.59 Å². The Morgan fingerprint density at radius 2 is 2.12 bits per heavy atom. The number of thiophene rings is 1. The molecule has 1 aliphatic heterocycles. The highest BCUT2D eigenvalue weighted by molar-refractivity contribution is 9.10. The molecular weight excluding hydrogens is 524 g/mol. The number of fused-ring (bicyclic) bond motifs is 1. The molecule has 0 fully saturated rings. The number of aromatic nitrogens is 1. The highest BCUT2D eigenvalue weighted by Gasteiger charge is 2.34. The molecule has 6 nitrogen and oxygen atoms in total. The maximum Gasteiger partial charge on any atom is 0.338 e. The van der Waals surface area contributed by atoms with Crippen LogP contribution < -0.4 is 19.6 Å². The van der Waals surface area contributed by atoms with Gasteiger partial charge in [0.1, 0.15) is 11.8 Å². The molecule has 0 bridgehead atoms. The number of carbonyl (C=O) groups is 1. The average molecular weight is 547 g/mol. The zero-order valence-electron chi connectivity index (χ0n) is 18.5. The van der Waals surface area contributed by atoms with E-state index in [1.54, 1.807) is 18.6 Å². The van der Waals surface area contributed by atoms with Gasteiger partial charge in [-0.05, 0) is 49.1 Å². The van der Waals surface area contributed by atoms with Crippen LogP contribution in [0.3, 0.4) is 0 Å². The van der Waals surface area contributed by atoms with Crippen molar-refractivity contribution in [2.75, 3.05) is 13.7 Å².